The van der Waals surface area contributed by atoms with Crippen molar-refractivity contribution < 1.29 is 19.1 Å². The van der Waals surface area contributed by atoms with E-state index in [9.17, 15) is 14.4 Å². The zero-order valence-corrected chi connectivity index (χ0v) is 15.1. The van der Waals surface area contributed by atoms with Gasteiger partial charge in [0.05, 0.1) is 0 Å². The third kappa shape index (κ3) is 7.56. The molecule has 2 N–H and O–H groups in total. The van der Waals surface area contributed by atoms with Gasteiger partial charge in [0.25, 0.3) is 5.91 Å². The molecule has 2 rings (SSSR count). The van der Waals surface area contributed by atoms with Crippen LogP contribution < -0.4 is 10.6 Å². The second-order valence-corrected chi connectivity index (χ2v) is 5.81. The van der Waals surface area contributed by atoms with Crippen LogP contribution in [0.5, 0.6) is 0 Å². The number of hydrogen-bond acceptors (Lipinski definition) is 4. The average molecular weight is 366 g/mol. The van der Waals surface area contributed by atoms with Crippen molar-refractivity contribution in [3.8, 4) is 0 Å². The van der Waals surface area contributed by atoms with Crippen molar-refractivity contribution in [2.45, 2.75) is 13.3 Å². The first-order valence-electron chi connectivity index (χ1n) is 8.56. The van der Waals surface area contributed by atoms with E-state index in [1.165, 1.54) is 13.0 Å². The van der Waals surface area contributed by atoms with Crippen molar-refractivity contribution in [3.05, 3.63) is 77.5 Å². The van der Waals surface area contributed by atoms with Gasteiger partial charge in [-0.3, -0.25) is 9.59 Å². The quantitative estimate of drug-likeness (QED) is 0.553. The molecule has 2 aromatic carbocycles. The maximum absolute atomic E-state index is 12.2. The van der Waals surface area contributed by atoms with E-state index in [4.69, 9.17) is 4.74 Å². The van der Waals surface area contributed by atoms with E-state index in [1.807, 2.05) is 48.5 Å². The Balaban J connectivity index is 1.84. The molecular formula is C21H22N2O4. The second-order valence-electron chi connectivity index (χ2n) is 5.81. The van der Waals surface area contributed by atoms with Crippen LogP contribution in [0.25, 0.3) is 6.08 Å². The number of carbonyl (C=O) groups excluding carboxylic acids is 3. The summed E-state index contributed by atoms with van der Waals surface area (Å²) in [4.78, 5) is 35.4. The molecule has 0 aliphatic carbocycles. The fraction of sp³-hybridized carbons (Fsp3) is 0.190. The fourth-order valence-corrected chi connectivity index (χ4v) is 2.30. The Morgan fingerprint density at radius 2 is 1.59 bits per heavy atom. The summed E-state index contributed by atoms with van der Waals surface area (Å²) in [5.74, 6) is -1.57. The number of amides is 2. The van der Waals surface area contributed by atoms with Gasteiger partial charge in [-0.05, 0) is 23.6 Å². The van der Waals surface area contributed by atoms with Crippen molar-refractivity contribution in [1.29, 1.82) is 0 Å². The third-order valence-electron chi connectivity index (χ3n) is 3.55. The van der Waals surface area contributed by atoms with Crippen molar-refractivity contribution >= 4 is 23.9 Å². The molecule has 2 amide bonds. The highest BCUT2D eigenvalue weighted by molar-refractivity contribution is 5.98. The summed E-state index contributed by atoms with van der Waals surface area (Å²) < 4.78 is 5.01. The lowest BCUT2D eigenvalue weighted by Gasteiger charge is -2.09. The summed E-state index contributed by atoms with van der Waals surface area (Å²) in [5, 5.41) is 5.13. The van der Waals surface area contributed by atoms with Crippen LogP contribution in [0.2, 0.25) is 0 Å². The molecule has 0 saturated carbocycles. The smallest absolute Gasteiger partial charge is 0.355 e. The van der Waals surface area contributed by atoms with Gasteiger partial charge in [-0.25, -0.2) is 4.79 Å². The Bertz CT molecular complexity index is 801. The first kappa shape index (κ1) is 19.9. The van der Waals surface area contributed by atoms with Crippen LogP contribution in [-0.4, -0.2) is 30.9 Å². The second kappa shape index (κ2) is 10.6. The lowest BCUT2D eigenvalue weighted by molar-refractivity contribution is -0.145. The standard InChI is InChI=1S/C21H22N2O4/c1-16(24)23-19(14-18-10-6-3-7-11-18)21(26)27-15-20(25)22-13-12-17-8-4-2-5-9-17/h2-11,14H,12-13,15H2,1H3,(H,22,25)(H,23,24)/b19-14+. The van der Waals surface area contributed by atoms with Crippen LogP contribution in [0.3, 0.4) is 0 Å². The van der Waals surface area contributed by atoms with Crippen LogP contribution in [-0.2, 0) is 25.5 Å². The Hall–Kier alpha value is -3.41. The Labute approximate surface area is 158 Å². The first-order chi connectivity index (χ1) is 13.0. The molecule has 6 nitrogen and oxygen atoms in total. The van der Waals surface area contributed by atoms with E-state index in [0.29, 0.717) is 13.0 Å². The minimum atomic E-state index is -0.771. The molecule has 0 aliphatic rings. The number of carbonyl (C=O) groups is 3. The summed E-state index contributed by atoms with van der Waals surface area (Å²) in [6.45, 7) is 1.32. The summed E-state index contributed by atoms with van der Waals surface area (Å²) in [7, 11) is 0. The number of hydrogen-bond donors (Lipinski definition) is 2. The van der Waals surface area contributed by atoms with Gasteiger partial charge in [0.2, 0.25) is 5.91 Å². The topological polar surface area (TPSA) is 84.5 Å². The van der Waals surface area contributed by atoms with E-state index in [-0.39, 0.29) is 5.70 Å². The molecule has 0 bridgehead atoms. The van der Waals surface area contributed by atoms with Gasteiger partial charge in [0.15, 0.2) is 6.61 Å². The molecule has 2 aromatic rings. The largest absolute Gasteiger partial charge is 0.451 e. The van der Waals surface area contributed by atoms with Gasteiger partial charge >= 0.3 is 5.97 Å². The van der Waals surface area contributed by atoms with Crippen molar-refractivity contribution in [1.82, 2.24) is 10.6 Å². The zero-order chi connectivity index (χ0) is 19.5. The molecule has 0 aromatic heterocycles. The van der Waals surface area contributed by atoms with Crippen LogP contribution >= 0.6 is 0 Å². The van der Waals surface area contributed by atoms with Gasteiger partial charge in [-0.15, -0.1) is 0 Å². The highest BCUT2D eigenvalue weighted by Gasteiger charge is 2.14. The minimum absolute atomic E-state index is 0.0224. The lowest BCUT2D eigenvalue weighted by atomic mass is 10.1. The number of rotatable bonds is 8. The van der Waals surface area contributed by atoms with E-state index < -0.39 is 24.4 Å². The fourth-order valence-electron chi connectivity index (χ4n) is 2.30. The van der Waals surface area contributed by atoms with Crippen LogP contribution in [0.15, 0.2) is 66.4 Å². The van der Waals surface area contributed by atoms with Gasteiger partial charge in [0, 0.05) is 13.5 Å². The molecule has 0 spiro atoms. The van der Waals surface area contributed by atoms with Crippen molar-refractivity contribution in [2.75, 3.05) is 13.2 Å². The minimum Gasteiger partial charge on any atom is -0.451 e. The van der Waals surface area contributed by atoms with Gasteiger partial charge in [0.1, 0.15) is 5.70 Å². The average Bonchev–Trinajstić information content (AvgIpc) is 2.67. The number of benzene rings is 2. The van der Waals surface area contributed by atoms with E-state index >= 15 is 0 Å². The van der Waals surface area contributed by atoms with Crippen LogP contribution in [0, 0.1) is 0 Å². The Morgan fingerprint density at radius 1 is 0.963 bits per heavy atom. The predicted molar refractivity (Wildman–Crippen MR) is 102 cm³/mol. The molecule has 27 heavy (non-hydrogen) atoms. The molecule has 0 radical (unpaired) electrons. The van der Waals surface area contributed by atoms with E-state index in [2.05, 4.69) is 10.6 Å². The lowest BCUT2D eigenvalue weighted by Crippen LogP contribution is -2.32. The number of ether oxygens (including phenoxy) is 1. The SMILES string of the molecule is CC(=O)N/C(=C/c1ccccc1)C(=O)OCC(=O)NCCc1ccccc1. The van der Waals surface area contributed by atoms with Gasteiger partial charge in [-0.1, -0.05) is 60.7 Å². The highest BCUT2D eigenvalue weighted by atomic mass is 16.5. The Kier molecular flexibility index (Phi) is 7.78. The maximum Gasteiger partial charge on any atom is 0.355 e. The molecule has 0 saturated heterocycles. The molecule has 0 aliphatic heterocycles. The number of esters is 1. The van der Waals surface area contributed by atoms with Crippen LogP contribution in [0.1, 0.15) is 18.1 Å². The third-order valence-corrected chi connectivity index (χ3v) is 3.55. The van der Waals surface area contributed by atoms with Crippen molar-refractivity contribution in [3.63, 3.8) is 0 Å². The monoisotopic (exact) mass is 366 g/mol. The molecule has 6 heteroatoms. The molecule has 140 valence electrons. The number of nitrogens with one attached hydrogen (secondary N) is 2. The molecular weight excluding hydrogens is 344 g/mol. The summed E-state index contributed by atoms with van der Waals surface area (Å²) in [6.07, 6.45) is 2.18. The Morgan fingerprint density at radius 3 is 2.22 bits per heavy atom. The predicted octanol–water partition coefficient (Wildman–Crippen LogP) is 2.07. The van der Waals surface area contributed by atoms with E-state index in [1.54, 1.807) is 12.1 Å². The van der Waals surface area contributed by atoms with Crippen LogP contribution in [0.4, 0.5) is 0 Å². The van der Waals surface area contributed by atoms with Gasteiger partial charge < -0.3 is 15.4 Å². The van der Waals surface area contributed by atoms with Gasteiger partial charge in [-0.2, -0.15) is 0 Å². The van der Waals surface area contributed by atoms with E-state index in [0.717, 1.165) is 11.1 Å². The highest BCUT2D eigenvalue weighted by Crippen LogP contribution is 2.06. The first-order valence-corrected chi connectivity index (χ1v) is 8.56. The molecule has 0 heterocycles. The summed E-state index contributed by atoms with van der Waals surface area (Å²) >= 11 is 0. The normalized spacial score (nSPS) is 10.8. The molecule has 0 unspecified atom stereocenters. The zero-order valence-electron chi connectivity index (χ0n) is 15.1. The molecule has 0 atom stereocenters. The summed E-state index contributed by atoms with van der Waals surface area (Å²) in [6, 6.07) is 18.8. The molecule has 0 fully saturated rings. The maximum atomic E-state index is 12.2. The summed E-state index contributed by atoms with van der Waals surface area (Å²) in [5.41, 5.74) is 1.81. The van der Waals surface area contributed by atoms with Crippen molar-refractivity contribution in [2.24, 2.45) is 0 Å².